The van der Waals surface area contributed by atoms with E-state index in [4.69, 9.17) is 9.47 Å². The quantitative estimate of drug-likeness (QED) is 0.448. The molecule has 3 aliphatic heterocycles. The maximum atomic E-state index is 13.4. The maximum absolute atomic E-state index is 13.4. The van der Waals surface area contributed by atoms with Crippen LogP contribution in [0.25, 0.3) is 0 Å². The highest BCUT2D eigenvalue weighted by Crippen LogP contribution is 2.33. The minimum Gasteiger partial charge on any atom is -0.493 e. The molecule has 34 heavy (non-hydrogen) atoms. The fourth-order valence-electron chi connectivity index (χ4n) is 4.75. The minimum atomic E-state index is -3.88. The van der Waals surface area contributed by atoms with E-state index in [2.05, 4.69) is 17.0 Å². The molecule has 0 spiro atoms. The highest BCUT2D eigenvalue weighted by molar-refractivity contribution is 7.89. The molecule has 3 heterocycles. The average molecular weight is 489 g/mol. The minimum absolute atomic E-state index is 0.00401. The molecule has 0 atom stereocenters. The van der Waals surface area contributed by atoms with Crippen LogP contribution in [0.4, 0.5) is 11.4 Å². The molecule has 2 aromatic rings. The Labute approximate surface area is 198 Å². The normalized spacial score (nSPS) is 19.6. The second-order valence-electron chi connectivity index (χ2n) is 8.73. The van der Waals surface area contributed by atoms with Gasteiger partial charge in [0.2, 0.25) is 10.0 Å². The molecule has 2 fully saturated rings. The van der Waals surface area contributed by atoms with E-state index in [-0.39, 0.29) is 23.7 Å². The predicted molar refractivity (Wildman–Crippen MR) is 126 cm³/mol. The first kappa shape index (κ1) is 23.0. The Kier molecular flexibility index (Phi) is 6.43. The molecule has 3 aliphatic rings. The number of nitro benzene ring substituents is 1. The van der Waals surface area contributed by atoms with Crippen LogP contribution in [-0.2, 0) is 27.7 Å². The van der Waals surface area contributed by atoms with Gasteiger partial charge < -0.3 is 14.4 Å². The van der Waals surface area contributed by atoms with Crippen molar-refractivity contribution in [1.29, 1.82) is 0 Å². The number of anilines is 1. The summed E-state index contributed by atoms with van der Waals surface area (Å²) >= 11 is 0. The van der Waals surface area contributed by atoms with E-state index in [0.29, 0.717) is 32.0 Å². The van der Waals surface area contributed by atoms with E-state index < -0.39 is 14.9 Å². The number of non-ortho nitro benzene ring substituents is 1. The largest absolute Gasteiger partial charge is 0.493 e. The van der Waals surface area contributed by atoms with Crippen molar-refractivity contribution in [3.63, 3.8) is 0 Å². The molecule has 2 aromatic carbocycles. The van der Waals surface area contributed by atoms with Crippen molar-refractivity contribution in [2.45, 2.75) is 17.9 Å². The van der Waals surface area contributed by atoms with Crippen molar-refractivity contribution in [3.8, 4) is 5.75 Å². The standard InChI is InChI=1S/C23H28N4O6S/c28-27(29)20-2-3-21(23(16-20)34(30,31)26-10-13-32-14-11-26)25-8-6-24(7-9-25)17-18-1-4-22-19(15-18)5-12-33-22/h1-4,15-16H,5-14,17H2. The van der Waals surface area contributed by atoms with Crippen LogP contribution in [-0.4, -0.2) is 81.6 Å². The average Bonchev–Trinajstić information content (AvgIpc) is 3.33. The molecular weight excluding hydrogens is 460 g/mol. The monoisotopic (exact) mass is 488 g/mol. The lowest BCUT2D eigenvalue weighted by Gasteiger charge is -2.37. The number of nitro groups is 1. The van der Waals surface area contributed by atoms with Gasteiger partial charge in [0.15, 0.2) is 0 Å². The summed E-state index contributed by atoms with van der Waals surface area (Å²) in [7, 11) is -3.88. The first-order chi connectivity index (χ1) is 16.4. The van der Waals surface area contributed by atoms with Crippen LogP contribution in [0.3, 0.4) is 0 Å². The van der Waals surface area contributed by atoms with Gasteiger partial charge in [-0.15, -0.1) is 0 Å². The van der Waals surface area contributed by atoms with Gasteiger partial charge in [-0.3, -0.25) is 15.0 Å². The molecule has 0 amide bonds. The van der Waals surface area contributed by atoms with Crippen LogP contribution in [0, 0.1) is 10.1 Å². The molecule has 0 N–H and O–H groups in total. The van der Waals surface area contributed by atoms with E-state index in [0.717, 1.165) is 38.4 Å². The molecule has 0 bridgehead atoms. The summed E-state index contributed by atoms with van der Waals surface area (Å²) in [6.45, 7) is 5.48. The van der Waals surface area contributed by atoms with Crippen molar-refractivity contribution in [1.82, 2.24) is 9.21 Å². The number of sulfonamides is 1. The van der Waals surface area contributed by atoms with Crippen LogP contribution in [0.2, 0.25) is 0 Å². The van der Waals surface area contributed by atoms with Crippen LogP contribution in [0.1, 0.15) is 11.1 Å². The highest BCUT2D eigenvalue weighted by Gasteiger charge is 2.32. The van der Waals surface area contributed by atoms with Gasteiger partial charge in [-0.25, -0.2) is 8.42 Å². The van der Waals surface area contributed by atoms with Gasteiger partial charge in [-0.05, 0) is 23.3 Å². The Bertz CT molecular complexity index is 1170. The maximum Gasteiger partial charge on any atom is 0.270 e. The predicted octanol–water partition coefficient (Wildman–Crippen LogP) is 1.87. The fourth-order valence-corrected chi connectivity index (χ4v) is 6.39. The van der Waals surface area contributed by atoms with Crippen LogP contribution < -0.4 is 9.64 Å². The Morgan fingerprint density at radius 2 is 1.71 bits per heavy atom. The number of morpholine rings is 1. The molecule has 0 aliphatic carbocycles. The highest BCUT2D eigenvalue weighted by atomic mass is 32.2. The number of rotatable bonds is 6. The van der Waals surface area contributed by atoms with Crippen molar-refractivity contribution < 1.29 is 22.8 Å². The summed E-state index contributed by atoms with van der Waals surface area (Å²) < 4.78 is 39.1. The lowest BCUT2D eigenvalue weighted by Crippen LogP contribution is -2.47. The van der Waals surface area contributed by atoms with Gasteiger partial charge in [0.1, 0.15) is 10.6 Å². The third-order valence-electron chi connectivity index (χ3n) is 6.62. The van der Waals surface area contributed by atoms with E-state index in [1.807, 2.05) is 11.0 Å². The summed E-state index contributed by atoms with van der Waals surface area (Å²) in [6, 6.07) is 10.5. The Hall–Kier alpha value is -2.73. The molecule has 10 nitrogen and oxygen atoms in total. The molecule has 0 radical (unpaired) electrons. The van der Waals surface area contributed by atoms with Crippen LogP contribution >= 0.6 is 0 Å². The number of ether oxygens (including phenoxy) is 2. The third-order valence-corrected chi connectivity index (χ3v) is 8.54. The van der Waals surface area contributed by atoms with Gasteiger partial charge in [0, 0.05) is 64.4 Å². The molecule has 11 heteroatoms. The zero-order chi connectivity index (χ0) is 23.7. The van der Waals surface area contributed by atoms with Gasteiger partial charge in [-0.2, -0.15) is 4.31 Å². The summed E-state index contributed by atoms with van der Waals surface area (Å²) in [4.78, 5) is 15.2. The van der Waals surface area contributed by atoms with Crippen molar-refractivity contribution in [3.05, 3.63) is 57.6 Å². The molecule has 5 rings (SSSR count). The Morgan fingerprint density at radius 1 is 0.941 bits per heavy atom. The van der Waals surface area contributed by atoms with Gasteiger partial charge in [0.25, 0.3) is 5.69 Å². The number of fused-ring (bicyclic) bond motifs is 1. The third kappa shape index (κ3) is 4.61. The Balaban J connectivity index is 1.33. The Morgan fingerprint density at radius 3 is 2.44 bits per heavy atom. The molecule has 0 aromatic heterocycles. The summed E-state index contributed by atoms with van der Waals surface area (Å²) in [6.07, 6.45) is 0.942. The number of piperazine rings is 1. The fraction of sp³-hybridized carbons (Fsp3) is 0.478. The zero-order valence-corrected chi connectivity index (χ0v) is 19.7. The number of hydrogen-bond acceptors (Lipinski definition) is 8. The smallest absolute Gasteiger partial charge is 0.270 e. The van der Waals surface area contributed by atoms with Crippen molar-refractivity contribution >= 4 is 21.4 Å². The second kappa shape index (κ2) is 9.49. The molecule has 2 saturated heterocycles. The zero-order valence-electron chi connectivity index (χ0n) is 18.9. The van der Waals surface area contributed by atoms with E-state index >= 15 is 0 Å². The van der Waals surface area contributed by atoms with E-state index in [1.165, 1.54) is 27.6 Å². The van der Waals surface area contributed by atoms with Crippen molar-refractivity contribution in [2.24, 2.45) is 0 Å². The van der Waals surface area contributed by atoms with Gasteiger partial charge in [-0.1, -0.05) is 12.1 Å². The van der Waals surface area contributed by atoms with Gasteiger partial charge >= 0.3 is 0 Å². The molecule has 182 valence electrons. The molecular formula is C23H28N4O6S. The number of nitrogens with zero attached hydrogens (tertiary/aromatic N) is 4. The summed E-state index contributed by atoms with van der Waals surface area (Å²) in [5.41, 5.74) is 2.78. The molecule has 0 saturated carbocycles. The topological polar surface area (TPSA) is 105 Å². The lowest BCUT2D eigenvalue weighted by molar-refractivity contribution is -0.385. The SMILES string of the molecule is O=[N+]([O-])c1ccc(N2CCN(Cc3ccc4c(c3)CCO4)CC2)c(S(=O)(=O)N2CCOCC2)c1. The van der Waals surface area contributed by atoms with Crippen molar-refractivity contribution in [2.75, 3.05) is 64.0 Å². The first-order valence-corrected chi connectivity index (χ1v) is 12.9. The lowest BCUT2D eigenvalue weighted by atomic mass is 10.1. The van der Waals surface area contributed by atoms with E-state index in [1.54, 1.807) is 6.07 Å². The second-order valence-corrected chi connectivity index (χ2v) is 10.6. The number of hydrogen-bond donors (Lipinski definition) is 0. The van der Waals surface area contributed by atoms with Gasteiger partial charge in [0.05, 0.1) is 30.4 Å². The van der Waals surface area contributed by atoms with Crippen LogP contribution in [0.5, 0.6) is 5.75 Å². The summed E-state index contributed by atoms with van der Waals surface area (Å²) in [5, 5.41) is 11.4. The number of benzene rings is 2. The van der Waals surface area contributed by atoms with Crippen LogP contribution in [0.15, 0.2) is 41.3 Å². The van der Waals surface area contributed by atoms with E-state index in [9.17, 15) is 18.5 Å². The molecule has 0 unspecified atom stereocenters. The summed E-state index contributed by atoms with van der Waals surface area (Å²) in [5.74, 6) is 0.973. The first-order valence-electron chi connectivity index (χ1n) is 11.5.